The maximum absolute atomic E-state index is 5.59. The van der Waals surface area contributed by atoms with Crippen LogP contribution in [0.25, 0.3) is 0 Å². The van der Waals surface area contributed by atoms with E-state index in [4.69, 9.17) is 4.74 Å². The van der Waals surface area contributed by atoms with E-state index in [0.29, 0.717) is 6.61 Å². The molecule has 0 heterocycles. The van der Waals surface area contributed by atoms with Crippen LogP contribution in [-0.2, 0) is 11.3 Å². The van der Waals surface area contributed by atoms with Crippen LogP contribution in [0.2, 0.25) is 0 Å². The van der Waals surface area contributed by atoms with Gasteiger partial charge in [0.1, 0.15) is 12.4 Å². The summed E-state index contributed by atoms with van der Waals surface area (Å²) in [5, 5.41) is 0. The second kappa shape index (κ2) is 4.13. The highest BCUT2D eigenvalue weighted by atomic mass is 16.5. The zero-order valence-electron chi connectivity index (χ0n) is 7.62. The fourth-order valence-electron chi connectivity index (χ4n) is 1.43. The van der Waals surface area contributed by atoms with Gasteiger partial charge in [0, 0.05) is 6.42 Å². The highest BCUT2D eigenvalue weighted by Crippen LogP contribution is 2.18. The van der Waals surface area contributed by atoms with E-state index in [1.165, 1.54) is 12.0 Å². The van der Waals surface area contributed by atoms with Crippen molar-refractivity contribution in [1.82, 2.24) is 0 Å². The van der Waals surface area contributed by atoms with Gasteiger partial charge in [-0.2, -0.15) is 0 Å². The zero-order valence-corrected chi connectivity index (χ0v) is 7.62. The second-order valence-corrected chi connectivity index (χ2v) is 3.23. The molecule has 0 N–H and O–H groups in total. The van der Waals surface area contributed by atoms with Crippen molar-refractivity contribution in [1.29, 1.82) is 0 Å². The lowest BCUT2D eigenvalue weighted by atomic mass is 10.2. The van der Waals surface area contributed by atoms with Crippen molar-refractivity contribution in [2.45, 2.75) is 25.9 Å². The molecule has 0 unspecified atom stereocenters. The summed E-state index contributed by atoms with van der Waals surface area (Å²) >= 11 is 0. The van der Waals surface area contributed by atoms with Gasteiger partial charge < -0.3 is 4.74 Å². The molecule has 1 heteroatoms. The first-order chi connectivity index (χ1) is 6.45. The molecule has 13 heavy (non-hydrogen) atoms. The van der Waals surface area contributed by atoms with Gasteiger partial charge in [0.2, 0.25) is 0 Å². The topological polar surface area (TPSA) is 9.23 Å². The molecule has 0 saturated heterocycles. The van der Waals surface area contributed by atoms with E-state index < -0.39 is 0 Å². The van der Waals surface area contributed by atoms with E-state index >= 15 is 0 Å². The van der Waals surface area contributed by atoms with Crippen LogP contribution in [0.3, 0.4) is 0 Å². The number of benzene rings is 1. The molecule has 1 aliphatic carbocycles. The molecule has 0 saturated carbocycles. The van der Waals surface area contributed by atoms with Crippen molar-refractivity contribution >= 4 is 0 Å². The first kappa shape index (κ1) is 8.36. The van der Waals surface area contributed by atoms with E-state index in [0.717, 1.165) is 18.6 Å². The fourth-order valence-corrected chi connectivity index (χ4v) is 1.43. The average Bonchev–Trinajstić information content (AvgIpc) is 2.69. The molecule has 1 radical (unpaired) electrons. The normalized spacial score (nSPS) is 15.5. The molecule has 2 rings (SSSR count). The van der Waals surface area contributed by atoms with Crippen LogP contribution < -0.4 is 0 Å². The van der Waals surface area contributed by atoms with Gasteiger partial charge >= 0.3 is 0 Å². The number of ether oxygens (including phenoxy) is 1. The third-order valence-electron chi connectivity index (χ3n) is 2.16. The minimum absolute atomic E-state index is 0.684. The summed E-state index contributed by atoms with van der Waals surface area (Å²) in [5.41, 5.74) is 1.23. The molecule has 0 bridgehead atoms. The van der Waals surface area contributed by atoms with Crippen molar-refractivity contribution in [2.24, 2.45) is 0 Å². The van der Waals surface area contributed by atoms with Crippen molar-refractivity contribution in [2.75, 3.05) is 0 Å². The van der Waals surface area contributed by atoms with Gasteiger partial charge in [-0.25, -0.2) is 0 Å². The molecule has 1 nitrogen and oxygen atoms in total. The van der Waals surface area contributed by atoms with E-state index in [1.807, 2.05) is 18.2 Å². The molecule has 0 amide bonds. The van der Waals surface area contributed by atoms with Crippen LogP contribution in [-0.4, -0.2) is 0 Å². The summed E-state index contributed by atoms with van der Waals surface area (Å²) in [6, 6.07) is 10.2. The Kier molecular flexibility index (Phi) is 2.65. The van der Waals surface area contributed by atoms with Gasteiger partial charge in [-0.15, -0.1) is 0 Å². The van der Waals surface area contributed by atoms with Crippen LogP contribution in [0.1, 0.15) is 24.8 Å². The van der Waals surface area contributed by atoms with Gasteiger partial charge in [0.25, 0.3) is 0 Å². The molecule has 1 aromatic carbocycles. The van der Waals surface area contributed by atoms with Gasteiger partial charge in [-0.05, 0) is 24.5 Å². The molecule has 1 aliphatic rings. The highest BCUT2D eigenvalue weighted by Gasteiger charge is 2.05. The predicted octanol–water partition coefficient (Wildman–Crippen LogP) is 3.07. The molecule has 0 fully saturated rings. The SMILES string of the molecule is [C]1=C(OCc2ccccc2)CCC1. The maximum Gasteiger partial charge on any atom is 0.113 e. The third kappa shape index (κ3) is 2.35. The molecule has 0 aliphatic heterocycles. The standard InChI is InChI=1S/C12H13O/c1-2-6-11(7-3-1)10-13-12-8-4-5-9-12/h1-3,6-7H,4-5,8,10H2. The minimum atomic E-state index is 0.684. The fraction of sp³-hybridized carbons (Fsp3) is 0.333. The Morgan fingerprint density at radius 3 is 2.77 bits per heavy atom. The van der Waals surface area contributed by atoms with Crippen LogP contribution in [0.5, 0.6) is 0 Å². The van der Waals surface area contributed by atoms with E-state index in [-0.39, 0.29) is 0 Å². The summed E-state index contributed by atoms with van der Waals surface area (Å²) in [6.07, 6.45) is 6.54. The lowest BCUT2D eigenvalue weighted by Gasteiger charge is -2.05. The van der Waals surface area contributed by atoms with Crippen molar-refractivity contribution in [3.05, 3.63) is 47.7 Å². The molecule has 67 valence electrons. The lowest BCUT2D eigenvalue weighted by molar-refractivity contribution is 0.191. The molecule has 0 spiro atoms. The van der Waals surface area contributed by atoms with Crippen LogP contribution in [0.4, 0.5) is 0 Å². The lowest BCUT2D eigenvalue weighted by Crippen LogP contribution is -1.90. The smallest absolute Gasteiger partial charge is 0.113 e. The summed E-state index contributed by atoms with van der Waals surface area (Å²) in [6.45, 7) is 0.684. The van der Waals surface area contributed by atoms with Crippen LogP contribution in [0, 0.1) is 6.08 Å². The number of hydrogen-bond acceptors (Lipinski definition) is 1. The summed E-state index contributed by atoms with van der Waals surface area (Å²) in [5.74, 6) is 1.05. The quantitative estimate of drug-likeness (QED) is 0.682. The molecule has 1 aromatic rings. The first-order valence-electron chi connectivity index (χ1n) is 4.71. The van der Waals surface area contributed by atoms with Gasteiger partial charge in [0.05, 0.1) is 0 Å². The minimum Gasteiger partial charge on any atom is -0.493 e. The Morgan fingerprint density at radius 2 is 2.08 bits per heavy atom. The Hall–Kier alpha value is -1.24. The monoisotopic (exact) mass is 173 g/mol. The van der Waals surface area contributed by atoms with Crippen LogP contribution in [0.15, 0.2) is 36.1 Å². The molecular formula is C12H13O. The van der Waals surface area contributed by atoms with E-state index in [2.05, 4.69) is 18.2 Å². The average molecular weight is 173 g/mol. The Morgan fingerprint density at radius 1 is 1.23 bits per heavy atom. The maximum atomic E-state index is 5.59. The van der Waals surface area contributed by atoms with Crippen LogP contribution >= 0.6 is 0 Å². The van der Waals surface area contributed by atoms with Crippen molar-refractivity contribution in [3.63, 3.8) is 0 Å². The van der Waals surface area contributed by atoms with E-state index in [9.17, 15) is 0 Å². The number of allylic oxidation sites excluding steroid dienone is 2. The van der Waals surface area contributed by atoms with Gasteiger partial charge in [-0.3, -0.25) is 0 Å². The third-order valence-corrected chi connectivity index (χ3v) is 2.16. The Balaban J connectivity index is 1.86. The van der Waals surface area contributed by atoms with Gasteiger partial charge in [0.15, 0.2) is 0 Å². The largest absolute Gasteiger partial charge is 0.493 e. The summed E-state index contributed by atoms with van der Waals surface area (Å²) in [7, 11) is 0. The Labute approximate surface area is 79.0 Å². The predicted molar refractivity (Wildman–Crippen MR) is 51.8 cm³/mol. The first-order valence-corrected chi connectivity index (χ1v) is 4.71. The zero-order chi connectivity index (χ0) is 8.93. The van der Waals surface area contributed by atoms with Gasteiger partial charge in [-0.1, -0.05) is 30.3 Å². The van der Waals surface area contributed by atoms with Crippen molar-refractivity contribution in [3.8, 4) is 0 Å². The van der Waals surface area contributed by atoms with Crippen molar-refractivity contribution < 1.29 is 4.74 Å². The molecular weight excluding hydrogens is 160 g/mol. The summed E-state index contributed by atoms with van der Waals surface area (Å²) in [4.78, 5) is 0. The summed E-state index contributed by atoms with van der Waals surface area (Å²) < 4.78 is 5.59. The highest BCUT2D eigenvalue weighted by molar-refractivity contribution is 5.13. The molecule has 0 aromatic heterocycles. The second-order valence-electron chi connectivity index (χ2n) is 3.23. The number of rotatable bonds is 3. The molecule has 0 atom stereocenters. The van der Waals surface area contributed by atoms with E-state index in [1.54, 1.807) is 0 Å². The Bertz CT molecular complexity index is 287. The number of hydrogen-bond donors (Lipinski definition) is 0.